The van der Waals surface area contributed by atoms with Crippen molar-refractivity contribution in [2.75, 3.05) is 6.67 Å². The highest BCUT2D eigenvalue weighted by Gasteiger charge is 2.35. The summed E-state index contributed by atoms with van der Waals surface area (Å²) in [4.78, 5) is 9.88. The Balaban J connectivity index is 2.43. The maximum atomic E-state index is 12.3. The van der Waals surface area contributed by atoms with Gasteiger partial charge in [0, 0.05) is 0 Å². The van der Waals surface area contributed by atoms with Crippen LogP contribution in [0.1, 0.15) is 0 Å². The second-order valence-corrected chi connectivity index (χ2v) is 1.82. The summed E-state index contributed by atoms with van der Waals surface area (Å²) < 4.78 is 32.6. The highest BCUT2D eigenvalue weighted by Crippen LogP contribution is 2.18. The first kappa shape index (κ1) is 7.56. The fraction of sp³-hybridized carbons (Fsp3) is 0.800. The average molecular weight is 152 g/mol. The second kappa shape index (κ2) is 3.03. The van der Waals surface area contributed by atoms with Crippen molar-refractivity contribution < 1.29 is 23.0 Å². The molecule has 0 aromatic rings. The monoisotopic (exact) mass is 152 g/mol. The summed E-state index contributed by atoms with van der Waals surface area (Å²) in [6.45, 7) is -0.981. The number of ether oxygens (including phenoxy) is 2. The SMILES string of the molecule is O=CC1OC(F)C(CF)O1. The van der Waals surface area contributed by atoms with Crippen LogP contribution in [0.15, 0.2) is 0 Å². The first-order valence-corrected chi connectivity index (χ1v) is 2.74. The van der Waals surface area contributed by atoms with Crippen molar-refractivity contribution in [1.82, 2.24) is 0 Å². The molecule has 58 valence electrons. The van der Waals surface area contributed by atoms with E-state index in [1.54, 1.807) is 0 Å². The summed E-state index contributed by atoms with van der Waals surface area (Å²) in [6.07, 6.45) is -4.02. The minimum atomic E-state index is -1.82. The Labute approximate surface area is 55.9 Å². The second-order valence-electron chi connectivity index (χ2n) is 1.82. The summed E-state index contributed by atoms with van der Waals surface area (Å²) in [7, 11) is 0. The highest BCUT2D eigenvalue weighted by molar-refractivity contribution is 5.54. The molecule has 1 aliphatic heterocycles. The van der Waals surface area contributed by atoms with Crippen LogP contribution in [-0.4, -0.2) is 31.7 Å². The smallest absolute Gasteiger partial charge is 0.230 e. The number of halogens is 2. The van der Waals surface area contributed by atoms with Gasteiger partial charge in [-0.25, -0.2) is 8.78 Å². The van der Waals surface area contributed by atoms with Crippen molar-refractivity contribution in [2.45, 2.75) is 18.8 Å². The lowest BCUT2D eigenvalue weighted by molar-refractivity contribution is -0.138. The Morgan fingerprint density at radius 1 is 1.50 bits per heavy atom. The highest BCUT2D eigenvalue weighted by atomic mass is 19.2. The van der Waals surface area contributed by atoms with Crippen LogP contribution in [0.5, 0.6) is 0 Å². The molecule has 1 saturated heterocycles. The Bertz CT molecular complexity index is 130. The van der Waals surface area contributed by atoms with E-state index in [4.69, 9.17) is 0 Å². The van der Waals surface area contributed by atoms with Crippen molar-refractivity contribution in [2.24, 2.45) is 0 Å². The zero-order chi connectivity index (χ0) is 7.56. The number of carbonyl (C=O) groups excluding carboxylic acids is 1. The Hall–Kier alpha value is -0.550. The van der Waals surface area contributed by atoms with Crippen molar-refractivity contribution in [1.29, 1.82) is 0 Å². The van der Waals surface area contributed by atoms with Gasteiger partial charge in [0.2, 0.25) is 12.6 Å². The van der Waals surface area contributed by atoms with Gasteiger partial charge in [-0.1, -0.05) is 0 Å². The zero-order valence-corrected chi connectivity index (χ0v) is 5.00. The first-order chi connectivity index (χ1) is 4.77. The molecule has 0 saturated carbocycles. The van der Waals surface area contributed by atoms with Gasteiger partial charge in [0.05, 0.1) is 0 Å². The van der Waals surface area contributed by atoms with Gasteiger partial charge in [-0.15, -0.1) is 0 Å². The molecule has 1 aliphatic rings. The lowest BCUT2D eigenvalue weighted by atomic mass is 10.4. The van der Waals surface area contributed by atoms with Crippen LogP contribution in [0.3, 0.4) is 0 Å². The molecule has 3 nitrogen and oxygen atoms in total. The van der Waals surface area contributed by atoms with Crippen LogP contribution in [0.25, 0.3) is 0 Å². The molecule has 1 heterocycles. The van der Waals surface area contributed by atoms with E-state index in [2.05, 4.69) is 9.47 Å². The fourth-order valence-electron chi connectivity index (χ4n) is 0.652. The maximum Gasteiger partial charge on any atom is 0.230 e. The molecule has 1 fully saturated rings. The molecule has 1 rings (SSSR count). The molecule has 0 amide bonds. The Morgan fingerprint density at radius 3 is 2.50 bits per heavy atom. The zero-order valence-electron chi connectivity index (χ0n) is 5.00. The molecule has 0 aromatic heterocycles. The fourth-order valence-corrected chi connectivity index (χ4v) is 0.652. The van der Waals surface area contributed by atoms with E-state index < -0.39 is 25.4 Å². The van der Waals surface area contributed by atoms with Crippen molar-refractivity contribution in [3.63, 3.8) is 0 Å². The first-order valence-electron chi connectivity index (χ1n) is 2.74. The van der Waals surface area contributed by atoms with Gasteiger partial charge in [-0.2, -0.15) is 0 Å². The minimum Gasteiger partial charge on any atom is -0.334 e. The van der Waals surface area contributed by atoms with Gasteiger partial charge in [-0.3, -0.25) is 4.79 Å². The maximum absolute atomic E-state index is 12.3. The quantitative estimate of drug-likeness (QED) is 0.530. The van der Waals surface area contributed by atoms with E-state index in [0.717, 1.165) is 0 Å². The van der Waals surface area contributed by atoms with Gasteiger partial charge >= 0.3 is 0 Å². The normalized spacial score (nSPS) is 40.0. The molecule has 0 bridgehead atoms. The van der Waals surface area contributed by atoms with Crippen LogP contribution in [0, 0.1) is 0 Å². The Kier molecular flexibility index (Phi) is 2.29. The molecule has 0 N–H and O–H groups in total. The summed E-state index contributed by atoms with van der Waals surface area (Å²) in [5, 5.41) is 0. The molecule has 0 radical (unpaired) electrons. The van der Waals surface area contributed by atoms with Crippen molar-refractivity contribution in [3.05, 3.63) is 0 Å². The number of alkyl halides is 2. The topological polar surface area (TPSA) is 35.5 Å². The number of aldehydes is 1. The van der Waals surface area contributed by atoms with E-state index in [9.17, 15) is 13.6 Å². The van der Waals surface area contributed by atoms with Gasteiger partial charge in [-0.05, 0) is 0 Å². The van der Waals surface area contributed by atoms with Crippen molar-refractivity contribution in [3.8, 4) is 0 Å². The average Bonchev–Trinajstić information content (AvgIpc) is 2.30. The lowest BCUT2D eigenvalue weighted by Gasteiger charge is -2.01. The number of carbonyl (C=O) groups is 1. The molecular formula is C5H6F2O3. The molecule has 0 aromatic carbocycles. The molecule has 3 unspecified atom stereocenters. The van der Waals surface area contributed by atoms with Gasteiger partial charge in [0.1, 0.15) is 12.8 Å². The Morgan fingerprint density at radius 2 is 2.20 bits per heavy atom. The van der Waals surface area contributed by atoms with E-state index in [0.29, 0.717) is 0 Å². The van der Waals surface area contributed by atoms with Crippen LogP contribution >= 0.6 is 0 Å². The van der Waals surface area contributed by atoms with E-state index >= 15 is 0 Å². The molecule has 0 spiro atoms. The van der Waals surface area contributed by atoms with Crippen molar-refractivity contribution >= 4 is 6.29 Å². The van der Waals surface area contributed by atoms with E-state index in [1.165, 1.54) is 0 Å². The largest absolute Gasteiger partial charge is 0.334 e. The lowest BCUT2D eigenvalue weighted by Crippen LogP contribution is -2.19. The van der Waals surface area contributed by atoms with Crippen LogP contribution in [0.4, 0.5) is 8.78 Å². The van der Waals surface area contributed by atoms with E-state index in [1.807, 2.05) is 0 Å². The summed E-state index contributed by atoms with van der Waals surface area (Å²) in [6, 6.07) is 0. The molecule has 5 heteroatoms. The number of rotatable bonds is 2. The molecular weight excluding hydrogens is 146 g/mol. The molecule has 3 atom stereocenters. The summed E-state index contributed by atoms with van der Waals surface area (Å²) in [5.74, 6) is 0. The predicted octanol–water partition coefficient (Wildman–Crippen LogP) is 0.192. The van der Waals surface area contributed by atoms with Crippen LogP contribution in [-0.2, 0) is 14.3 Å². The van der Waals surface area contributed by atoms with Gasteiger partial charge in [0.25, 0.3) is 0 Å². The summed E-state index contributed by atoms with van der Waals surface area (Å²) >= 11 is 0. The standard InChI is InChI=1S/C5H6F2O3/c6-1-3-5(7)10-4(2-8)9-3/h2-5H,1H2. The van der Waals surface area contributed by atoms with Crippen LogP contribution in [0.2, 0.25) is 0 Å². The van der Waals surface area contributed by atoms with Gasteiger partial charge in [0.15, 0.2) is 6.29 Å². The number of hydrogen-bond donors (Lipinski definition) is 0. The third-order valence-electron chi connectivity index (χ3n) is 1.13. The third kappa shape index (κ3) is 1.30. The van der Waals surface area contributed by atoms with Crippen LogP contribution < -0.4 is 0 Å². The third-order valence-corrected chi connectivity index (χ3v) is 1.13. The van der Waals surface area contributed by atoms with Gasteiger partial charge < -0.3 is 9.47 Å². The summed E-state index contributed by atoms with van der Waals surface area (Å²) in [5.41, 5.74) is 0. The minimum absolute atomic E-state index is 0.280. The molecule has 10 heavy (non-hydrogen) atoms. The molecule has 0 aliphatic carbocycles. The predicted molar refractivity (Wildman–Crippen MR) is 26.7 cm³/mol. The van der Waals surface area contributed by atoms with E-state index in [-0.39, 0.29) is 6.29 Å². The number of hydrogen-bond acceptors (Lipinski definition) is 3.